The number of carboxylic acids is 1. The van der Waals surface area contributed by atoms with Gasteiger partial charge in [-0.25, -0.2) is 4.79 Å². The molecule has 0 bridgehead atoms. The molecule has 0 heterocycles. The Kier molecular flexibility index (Phi) is 13.5. The fraction of sp³-hybridized carbons (Fsp3) is 0.611. The average molecular weight is 380 g/mol. The van der Waals surface area contributed by atoms with Gasteiger partial charge in [-0.1, -0.05) is 58.3 Å². The van der Waals surface area contributed by atoms with Crippen LogP contribution in [0.25, 0.3) is 0 Å². The Morgan fingerprint density at radius 3 is 1.92 bits per heavy atom. The van der Waals surface area contributed by atoms with Gasteiger partial charge in [-0.05, 0) is 30.7 Å². The van der Waals surface area contributed by atoms with Gasteiger partial charge >= 0.3 is 35.5 Å². The molecule has 0 aromatic heterocycles. The Bertz CT molecular complexity index is 590. The molecule has 0 amide bonds. The molecule has 0 aliphatic carbocycles. The van der Waals surface area contributed by atoms with Crippen molar-refractivity contribution in [3.8, 4) is 0 Å². The van der Waals surface area contributed by atoms with Crippen molar-refractivity contribution in [2.75, 3.05) is 6.61 Å². The van der Waals surface area contributed by atoms with Crippen LogP contribution >= 0.6 is 0 Å². The van der Waals surface area contributed by atoms with Crippen molar-refractivity contribution in [1.29, 1.82) is 0 Å². The van der Waals surface area contributed by atoms with Gasteiger partial charge < -0.3 is 6.53 Å². The minimum atomic E-state index is -3.80. The van der Waals surface area contributed by atoms with Gasteiger partial charge in [-0.3, -0.25) is 4.18 Å². The predicted molar refractivity (Wildman–Crippen MR) is 94.9 cm³/mol. The van der Waals surface area contributed by atoms with E-state index >= 15 is 0 Å². The zero-order chi connectivity index (χ0) is 17.8. The number of aromatic carboxylic acids is 1. The number of rotatable bonds is 13. The van der Waals surface area contributed by atoms with Crippen molar-refractivity contribution >= 4 is 16.1 Å². The molecule has 0 fully saturated rings. The molecule has 7 heteroatoms. The number of hydrogen-bond donors (Lipinski definition) is 1. The zero-order valence-corrected chi connectivity index (χ0v) is 18.2. The third-order valence-corrected chi connectivity index (χ3v) is 5.20. The maximum absolute atomic E-state index is 12.0. The number of benzene rings is 1. The SMILES string of the molecule is CCCCCCCCCCCOS(=O)(=O)c1ccc(C(=O)O)cc1.[H-].[Na+]. The Hall–Kier alpha value is -0.400. The number of unbranched alkanes of at least 4 members (excludes halogenated alkanes) is 8. The molecule has 1 aromatic carbocycles. The summed E-state index contributed by atoms with van der Waals surface area (Å²) in [6, 6.07) is 5.04. The second-order valence-corrected chi connectivity index (χ2v) is 7.55. The molecule has 0 radical (unpaired) electrons. The van der Waals surface area contributed by atoms with Crippen LogP contribution in [-0.2, 0) is 14.3 Å². The summed E-state index contributed by atoms with van der Waals surface area (Å²) in [6.07, 6.45) is 10.3. The summed E-state index contributed by atoms with van der Waals surface area (Å²) >= 11 is 0. The summed E-state index contributed by atoms with van der Waals surface area (Å²) in [7, 11) is -3.80. The first kappa shape index (κ1) is 24.6. The number of carbonyl (C=O) groups is 1. The zero-order valence-electron chi connectivity index (χ0n) is 16.4. The minimum absolute atomic E-state index is 0. The maximum atomic E-state index is 12.0. The standard InChI is InChI=1S/C18H28O5S.Na.H/c1-2-3-4-5-6-7-8-9-10-15-23-24(21,22)17-13-11-16(12-14-17)18(19)20;;/h11-14H,2-10,15H2,1H3,(H,19,20);;/q;+1;-1. The first-order valence-electron chi connectivity index (χ1n) is 8.70. The van der Waals surface area contributed by atoms with E-state index in [9.17, 15) is 13.2 Å². The molecule has 0 saturated carbocycles. The van der Waals surface area contributed by atoms with Crippen LogP contribution in [0.2, 0.25) is 0 Å². The van der Waals surface area contributed by atoms with Gasteiger partial charge in [0, 0.05) is 0 Å². The number of carboxylic acid groups (broad SMARTS) is 1. The van der Waals surface area contributed by atoms with Crippen LogP contribution in [0.15, 0.2) is 29.2 Å². The third kappa shape index (κ3) is 10.4. The summed E-state index contributed by atoms with van der Waals surface area (Å²) in [6.45, 7) is 2.37. The largest absolute Gasteiger partial charge is 1.00 e. The normalized spacial score (nSPS) is 11.1. The van der Waals surface area contributed by atoms with Crippen LogP contribution in [0.3, 0.4) is 0 Å². The summed E-state index contributed by atoms with van der Waals surface area (Å²) in [5.41, 5.74) is 0.0490. The third-order valence-electron chi connectivity index (χ3n) is 3.88. The van der Waals surface area contributed by atoms with E-state index in [-0.39, 0.29) is 48.0 Å². The minimum Gasteiger partial charge on any atom is -1.00 e. The van der Waals surface area contributed by atoms with Crippen LogP contribution in [0.1, 0.15) is 76.5 Å². The topological polar surface area (TPSA) is 80.7 Å². The van der Waals surface area contributed by atoms with E-state index in [2.05, 4.69) is 6.92 Å². The van der Waals surface area contributed by atoms with E-state index in [1.807, 2.05) is 0 Å². The maximum Gasteiger partial charge on any atom is 1.00 e. The predicted octanol–water partition coefficient (Wildman–Crippen LogP) is 1.74. The van der Waals surface area contributed by atoms with E-state index in [4.69, 9.17) is 9.29 Å². The molecule has 0 atom stereocenters. The van der Waals surface area contributed by atoms with Crippen molar-refractivity contribution < 1.29 is 53.5 Å². The smallest absolute Gasteiger partial charge is 1.00 e. The Morgan fingerprint density at radius 1 is 0.960 bits per heavy atom. The summed E-state index contributed by atoms with van der Waals surface area (Å²) in [5.74, 6) is -1.09. The van der Waals surface area contributed by atoms with Gasteiger partial charge in [0.2, 0.25) is 0 Å². The molecular weight excluding hydrogens is 351 g/mol. The molecule has 0 aliphatic heterocycles. The molecule has 0 aliphatic rings. The second kappa shape index (κ2) is 13.8. The van der Waals surface area contributed by atoms with E-state index in [1.54, 1.807) is 0 Å². The Labute approximate surface area is 175 Å². The van der Waals surface area contributed by atoms with Crippen molar-refractivity contribution in [2.24, 2.45) is 0 Å². The fourth-order valence-corrected chi connectivity index (χ4v) is 3.36. The van der Waals surface area contributed by atoms with E-state index in [0.29, 0.717) is 6.42 Å². The molecule has 138 valence electrons. The van der Waals surface area contributed by atoms with Gasteiger partial charge in [-0.2, -0.15) is 8.42 Å². The number of hydrogen-bond acceptors (Lipinski definition) is 4. The van der Waals surface area contributed by atoms with Crippen LogP contribution in [-0.4, -0.2) is 26.1 Å². The van der Waals surface area contributed by atoms with Crippen molar-refractivity contribution in [3.63, 3.8) is 0 Å². The van der Waals surface area contributed by atoms with Gasteiger partial charge in [-0.15, -0.1) is 0 Å². The van der Waals surface area contributed by atoms with E-state index < -0.39 is 16.1 Å². The van der Waals surface area contributed by atoms with Crippen molar-refractivity contribution in [1.82, 2.24) is 0 Å². The van der Waals surface area contributed by atoms with E-state index in [1.165, 1.54) is 62.8 Å². The van der Waals surface area contributed by atoms with Gasteiger partial charge in [0.15, 0.2) is 0 Å². The second-order valence-electron chi connectivity index (χ2n) is 5.93. The summed E-state index contributed by atoms with van der Waals surface area (Å²) in [5, 5.41) is 8.80. The van der Waals surface area contributed by atoms with Gasteiger partial charge in [0.1, 0.15) is 0 Å². The molecule has 25 heavy (non-hydrogen) atoms. The molecule has 1 N–H and O–H groups in total. The van der Waals surface area contributed by atoms with Crippen LogP contribution in [0.4, 0.5) is 0 Å². The van der Waals surface area contributed by atoms with E-state index in [0.717, 1.165) is 12.8 Å². The quantitative estimate of drug-likeness (QED) is 0.320. The molecule has 0 spiro atoms. The first-order chi connectivity index (χ1) is 11.5. The van der Waals surface area contributed by atoms with Crippen molar-refractivity contribution in [2.45, 2.75) is 69.6 Å². The molecule has 1 aromatic rings. The summed E-state index contributed by atoms with van der Waals surface area (Å²) < 4.78 is 29.0. The first-order valence-corrected chi connectivity index (χ1v) is 10.1. The fourth-order valence-electron chi connectivity index (χ4n) is 2.41. The molecule has 0 unspecified atom stereocenters. The van der Waals surface area contributed by atoms with Crippen LogP contribution < -0.4 is 29.6 Å². The molecule has 0 saturated heterocycles. The van der Waals surface area contributed by atoms with Crippen LogP contribution in [0, 0.1) is 0 Å². The average Bonchev–Trinajstić information content (AvgIpc) is 2.56. The van der Waals surface area contributed by atoms with Crippen molar-refractivity contribution in [3.05, 3.63) is 29.8 Å². The van der Waals surface area contributed by atoms with Gasteiger partial charge in [0.05, 0.1) is 17.1 Å². The van der Waals surface area contributed by atoms with Gasteiger partial charge in [0.25, 0.3) is 10.1 Å². The molecule has 5 nitrogen and oxygen atoms in total. The molecule has 1 rings (SSSR count). The Balaban J connectivity index is 0. The summed E-state index contributed by atoms with van der Waals surface area (Å²) in [4.78, 5) is 10.7. The van der Waals surface area contributed by atoms with Crippen LogP contribution in [0.5, 0.6) is 0 Å². The monoisotopic (exact) mass is 380 g/mol. The molecular formula is C18H29NaO5S. The Morgan fingerprint density at radius 2 is 1.44 bits per heavy atom.